The second-order valence-corrected chi connectivity index (χ2v) is 5.41. The fourth-order valence-corrected chi connectivity index (χ4v) is 3.00. The van der Waals surface area contributed by atoms with Crippen LogP contribution in [-0.4, -0.2) is 35.3 Å². The zero-order valence-corrected chi connectivity index (χ0v) is 11.4. The van der Waals surface area contributed by atoms with Crippen molar-refractivity contribution in [2.75, 3.05) is 6.54 Å². The number of nitrogens with one attached hydrogen (secondary N) is 1. The van der Waals surface area contributed by atoms with Crippen LogP contribution in [-0.2, 0) is 9.59 Å². The second kappa shape index (κ2) is 6.72. The molecule has 1 saturated carbocycles. The SMILES string of the molecule is C#CCCCNC1CC(=O)N(C2CCCCC2)C1=O. The zero-order valence-electron chi connectivity index (χ0n) is 11.4. The maximum Gasteiger partial charge on any atom is 0.247 e. The molecule has 1 saturated heterocycles. The molecule has 0 spiro atoms. The molecule has 1 N–H and O–H groups in total. The third kappa shape index (κ3) is 3.36. The van der Waals surface area contributed by atoms with Crippen LogP contribution in [0.4, 0.5) is 0 Å². The number of terminal acetylenes is 1. The number of hydrogen-bond donors (Lipinski definition) is 1. The maximum atomic E-state index is 12.3. The van der Waals surface area contributed by atoms with Crippen molar-refractivity contribution in [3.8, 4) is 12.3 Å². The Morgan fingerprint density at radius 1 is 1.26 bits per heavy atom. The molecule has 1 heterocycles. The summed E-state index contributed by atoms with van der Waals surface area (Å²) >= 11 is 0. The standard InChI is InChI=1S/C15H22N2O2/c1-2-3-7-10-16-13-11-14(18)17(15(13)19)12-8-5-4-6-9-12/h1,12-13,16H,3-11H2. The summed E-state index contributed by atoms with van der Waals surface area (Å²) in [7, 11) is 0. The van der Waals surface area contributed by atoms with Gasteiger partial charge in [-0.25, -0.2) is 0 Å². The fraction of sp³-hybridized carbons (Fsp3) is 0.733. The molecular weight excluding hydrogens is 240 g/mol. The highest BCUT2D eigenvalue weighted by Gasteiger charge is 2.41. The molecule has 4 heteroatoms. The van der Waals surface area contributed by atoms with E-state index in [1.807, 2.05) is 0 Å². The van der Waals surface area contributed by atoms with E-state index in [0.29, 0.717) is 19.4 Å². The Hall–Kier alpha value is -1.34. The summed E-state index contributed by atoms with van der Waals surface area (Å²) in [6.07, 6.45) is 12.5. The van der Waals surface area contributed by atoms with E-state index in [4.69, 9.17) is 6.42 Å². The molecule has 0 aromatic carbocycles. The fourth-order valence-electron chi connectivity index (χ4n) is 3.00. The van der Waals surface area contributed by atoms with Crippen molar-refractivity contribution in [3.63, 3.8) is 0 Å². The lowest BCUT2D eigenvalue weighted by molar-refractivity contribution is -0.142. The van der Waals surface area contributed by atoms with E-state index in [1.165, 1.54) is 11.3 Å². The molecule has 104 valence electrons. The molecule has 1 aliphatic carbocycles. The smallest absolute Gasteiger partial charge is 0.247 e. The van der Waals surface area contributed by atoms with Gasteiger partial charge in [-0.3, -0.25) is 14.5 Å². The summed E-state index contributed by atoms with van der Waals surface area (Å²) in [6, 6.07) is -0.182. The van der Waals surface area contributed by atoms with Gasteiger partial charge in [-0.2, -0.15) is 0 Å². The van der Waals surface area contributed by atoms with Crippen LogP contribution in [0.25, 0.3) is 0 Å². The summed E-state index contributed by atoms with van der Waals surface area (Å²) in [4.78, 5) is 25.8. The van der Waals surface area contributed by atoms with E-state index >= 15 is 0 Å². The molecule has 2 aliphatic rings. The van der Waals surface area contributed by atoms with Crippen molar-refractivity contribution in [1.29, 1.82) is 0 Å². The summed E-state index contributed by atoms with van der Waals surface area (Å²) in [5.41, 5.74) is 0. The molecule has 1 aliphatic heterocycles. The van der Waals surface area contributed by atoms with Crippen LogP contribution < -0.4 is 5.32 Å². The molecule has 0 aromatic heterocycles. The normalized spacial score (nSPS) is 24.8. The van der Waals surface area contributed by atoms with E-state index in [2.05, 4.69) is 11.2 Å². The minimum absolute atomic E-state index is 0.00801. The Balaban J connectivity index is 1.87. The molecule has 19 heavy (non-hydrogen) atoms. The highest BCUT2D eigenvalue weighted by Crippen LogP contribution is 2.27. The summed E-state index contributed by atoms with van der Waals surface area (Å²) in [5.74, 6) is 2.53. The first-order valence-electron chi connectivity index (χ1n) is 7.27. The van der Waals surface area contributed by atoms with E-state index in [9.17, 15) is 9.59 Å². The third-order valence-corrected chi connectivity index (χ3v) is 4.01. The Kier molecular flexibility index (Phi) is 4.98. The first kappa shape index (κ1) is 14.1. The zero-order chi connectivity index (χ0) is 13.7. The number of hydrogen-bond acceptors (Lipinski definition) is 3. The molecule has 1 atom stereocenters. The highest BCUT2D eigenvalue weighted by molar-refractivity contribution is 6.05. The average Bonchev–Trinajstić information content (AvgIpc) is 2.71. The Morgan fingerprint density at radius 2 is 2.00 bits per heavy atom. The Morgan fingerprint density at radius 3 is 2.68 bits per heavy atom. The number of nitrogens with zero attached hydrogens (tertiary/aromatic N) is 1. The van der Waals surface area contributed by atoms with Crippen LogP contribution in [0.3, 0.4) is 0 Å². The first-order valence-corrected chi connectivity index (χ1v) is 7.27. The second-order valence-electron chi connectivity index (χ2n) is 5.41. The predicted molar refractivity (Wildman–Crippen MR) is 73.2 cm³/mol. The van der Waals surface area contributed by atoms with Crippen LogP contribution in [0.2, 0.25) is 0 Å². The molecule has 0 radical (unpaired) electrons. The van der Waals surface area contributed by atoms with Crippen molar-refractivity contribution < 1.29 is 9.59 Å². The molecule has 4 nitrogen and oxygen atoms in total. The monoisotopic (exact) mass is 262 g/mol. The van der Waals surface area contributed by atoms with Crippen molar-refractivity contribution in [2.24, 2.45) is 0 Å². The van der Waals surface area contributed by atoms with E-state index in [-0.39, 0.29) is 23.9 Å². The number of likely N-dealkylation sites (tertiary alicyclic amines) is 1. The van der Waals surface area contributed by atoms with Gasteiger partial charge in [0.05, 0.1) is 12.5 Å². The average molecular weight is 262 g/mol. The summed E-state index contributed by atoms with van der Waals surface area (Å²) in [5, 5.41) is 3.16. The molecule has 1 unspecified atom stereocenters. The number of carbonyl (C=O) groups excluding carboxylic acids is 2. The van der Waals surface area contributed by atoms with Gasteiger partial charge in [0.25, 0.3) is 0 Å². The van der Waals surface area contributed by atoms with Crippen molar-refractivity contribution in [3.05, 3.63) is 0 Å². The van der Waals surface area contributed by atoms with Crippen molar-refractivity contribution >= 4 is 11.8 Å². The molecule has 2 amide bonds. The largest absolute Gasteiger partial charge is 0.305 e. The minimum atomic E-state index is -0.327. The molecule has 0 aromatic rings. The predicted octanol–water partition coefficient (Wildman–Crippen LogP) is 1.45. The first-order chi connectivity index (χ1) is 9.24. The molecule has 2 rings (SSSR count). The molecule has 2 fully saturated rings. The summed E-state index contributed by atoms with van der Waals surface area (Å²) in [6.45, 7) is 0.701. The number of unbranched alkanes of at least 4 members (excludes halogenated alkanes) is 1. The van der Waals surface area contributed by atoms with Gasteiger partial charge in [-0.1, -0.05) is 19.3 Å². The van der Waals surface area contributed by atoms with Crippen LogP contribution in [0.15, 0.2) is 0 Å². The number of amides is 2. The van der Waals surface area contributed by atoms with E-state index in [1.54, 1.807) is 0 Å². The highest BCUT2D eigenvalue weighted by atomic mass is 16.2. The number of rotatable bonds is 5. The van der Waals surface area contributed by atoms with Crippen LogP contribution in [0.5, 0.6) is 0 Å². The van der Waals surface area contributed by atoms with Crippen molar-refractivity contribution in [2.45, 2.75) is 63.5 Å². The van der Waals surface area contributed by atoms with Crippen LogP contribution in [0.1, 0.15) is 51.4 Å². The number of carbonyl (C=O) groups is 2. The third-order valence-electron chi connectivity index (χ3n) is 4.01. The molecular formula is C15H22N2O2. The van der Waals surface area contributed by atoms with E-state index < -0.39 is 0 Å². The minimum Gasteiger partial charge on any atom is -0.305 e. The lowest BCUT2D eigenvalue weighted by Crippen LogP contribution is -2.44. The quantitative estimate of drug-likeness (QED) is 0.463. The number of imide groups is 1. The van der Waals surface area contributed by atoms with Crippen LogP contribution >= 0.6 is 0 Å². The lowest BCUT2D eigenvalue weighted by Gasteiger charge is -2.29. The Bertz CT molecular complexity index is 380. The van der Waals surface area contributed by atoms with Gasteiger partial charge in [-0.15, -0.1) is 12.3 Å². The maximum absolute atomic E-state index is 12.3. The lowest BCUT2D eigenvalue weighted by atomic mass is 9.94. The Labute approximate surface area is 114 Å². The van der Waals surface area contributed by atoms with Gasteiger partial charge >= 0.3 is 0 Å². The van der Waals surface area contributed by atoms with E-state index in [0.717, 1.165) is 32.1 Å². The summed E-state index contributed by atoms with van der Waals surface area (Å²) < 4.78 is 0. The topological polar surface area (TPSA) is 49.4 Å². The molecule has 0 bridgehead atoms. The van der Waals surface area contributed by atoms with Crippen LogP contribution in [0, 0.1) is 12.3 Å². The van der Waals surface area contributed by atoms with Gasteiger partial charge in [0.15, 0.2) is 0 Å². The van der Waals surface area contributed by atoms with Gasteiger partial charge in [-0.05, 0) is 25.8 Å². The van der Waals surface area contributed by atoms with Gasteiger partial charge in [0.2, 0.25) is 11.8 Å². The van der Waals surface area contributed by atoms with Gasteiger partial charge in [0.1, 0.15) is 0 Å². The van der Waals surface area contributed by atoms with Crippen molar-refractivity contribution in [1.82, 2.24) is 10.2 Å². The van der Waals surface area contributed by atoms with Gasteiger partial charge in [0, 0.05) is 12.5 Å². The van der Waals surface area contributed by atoms with Gasteiger partial charge < -0.3 is 5.32 Å².